The van der Waals surface area contributed by atoms with Crippen molar-refractivity contribution in [1.82, 2.24) is 15.1 Å². The fourth-order valence-electron chi connectivity index (χ4n) is 3.44. The monoisotopic (exact) mass is 417 g/mol. The van der Waals surface area contributed by atoms with Crippen LogP contribution in [0, 0.1) is 0 Å². The quantitative estimate of drug-likeness (QED) is 0.617. The van der Waals surface area contributed by atoms with E-state index in [-0.39, 0.29) is 37.1 Å². The van der Waals surface area contributed by atoms with Gasteiger partial charge in [-0.05, 0) is 29.3 Å². The number of benzene rings is 2. The highest BCUT2D eigenvalue weighted by Crippen LogP contribution is 2.29. The number of nitrogens with zero attached hydrogens (tertiary/aromatic N) is 3. The predicted molar refractivity (Wildman–Crippen MR) is 116 cm³/mol. The molecule has 0 unspecified atom stereocenters. The Hall–Kier alpha value is -3.94. The maximum Gasteiger partial charge on any atom is 0.244 e. The van der Waals surface area contributed by atoms with Crippen molar-refractivity contribution in [1.29, 1.82) is 0 Å². The molecule has 31 heavy (non-hydrogen) atoms. The third kappa shape index (κ3) is 5.16. The van der Waals surface area contributed by atoms with Gasteiger partial charge in [0, 0.05) is 31.8 Å². The molecule has 0 atom stereocenters. The number of hydrogen-bond donors (Lipinski definition) is 2. The molecule has 2 N–H and O–H groups in total. The normalized spacial score (nSPS) is 12.8. The number of rotatable bonds is 7. The first-order chi connectivity index (χ1) is 15.1. The van der Waals surface area contributed by atoms with Crippen molar-refractivity contribution in [3.8, 4) is 0 Å². The molecule has 0 fully saturated rings. The predicted octanol–water partition coefficient (Wildman–Crippen LogP) is 2.31. The van der Waals surface area contributed by atoms with Crippen LogP contribution in [0.2, 0.25) is 0 Å². The second kappa shape index (κ2) is 9.25. The van der Waals surface area contributed by atoms with Crippen molar-refractivity contribution >= 4 is 29.1 Å². The zero-order chi connectivity index (χ0) is 21.6. The van der Waals surface area contributed by atoms with E-state index in [1.807, 2.05) is 47.3 Å². The molecular weight excluding hydrogens is 394 g/mol. The Bertz CT molecular complexity index is 1080. The van der Waals surface area contributed by atoms with Crippen molar-refractivity contribution in [3.63, 3.8) is 0 Å². The van der Waals surface area contributed by atoms with E-state index in [2.05, 4.69) is 15.7 Å². The van der Waals surface area contributed by atoms with Crippen LogP contribution in [0.25, 0.3) is 0 Å². The lowest BCUT2D eigenvalue weighted by molar-refractivity contribution is -0.125. The molecule has 1 aliphatic heterocycles. The lowest BCUT2D eigenvalue weighted by Gasteiger charge is -2.29. The first-order valence-electron chi connectivity index (χ1n) is 10.1. The van der Waals surface area contributed by atoms with Crippen LogP contribution in [0.5, 0.6) is 0 Å². The van der Waals surface area contributed by atoms with E-state index in [9.17, 15) is 14.4 Å². The summed E-state index contributed by atoms with van der Waals surface area (Å²) in [6.45, 7) is 1.05. The number of fused-ring (bicyclic) bond motifs is 1. The largest absolute Gasteiger partial charge is 0.352 e. The van der Waals surface area contributed by atoms with Crippen LogP contribution in [0.4, 0.5) is 11.4 Å². The Morgan fingerprint density at radius 3 is 2.55 bits per heavy atom. The van der Waals surface area contributed by atoms with Crippen molar-refractivity contribution in [3.05, 3.63) is 78.1 Å². The number of anilines is 2. The Kier molecular flexibility index (Phi) is 6.07. The fraction of sp³-hybridized carbons (Fsp3) is 0.217. The zero-order valence-corrected chi connectivity index (χ0v) is 17.0. The molecule has 3 aromatic rings. The number of carbonyl (C=O) groups excluding carboxylic acids is 3. The van der Waals surface area contributed by atoms with Gasteiger partial charge in [0.1, 0.15) is 6.54 Å². The van der Waals surface area contributed by atoms with Gasteiger partial charge in [-0.25, -0.2) is 0 Å². The topological polar surface area (TPSA) is 96.3 Å². The Morgan fingerprint density at radius 1 is 1.00 bits per heavy atom. The molecule has 2 aromatic carbocycles. The minimum atomic E-state index is -0.250. The Balaban J connectivity index is 1.25. The second-order valence-corrected chi connectivity index (χ2v) is 7.34. The van der Waals surface area contributed by atoms with Crippen molar-refractivity contribution < 1.29 is 14.4 Å². The molecule has 158 valence electrons. The van der Waals surface area contributed by atoms with E-state index < -0.39 is 0 Å². The summed E-state index contributed by atoms with van der Waals surface area (Å²) >= 11 is 0. The van der Waals surface area contributed by atoms with Crippen molar-refractivity contribution in [2.24, 2.45) is 0 Å². The van der Waals surface area contributed by atoms with E-state index in [0.717, 1.165) is 11.1 Å². The average molecular weight is 417 g/mol. The SMILES string of the molecule is O=C(CCC(=O)N1CC(=O)Nc2ccccc21)NCc1ccc(Cn2cccn2)cc1. The van der Waals surface area contributed by atoms with Gasteiger partial charge >= 0.3 is 0 Å². The van der Waals surface area contributed by atoms with Crippen LogP contribution in [0.3, 0.4) is 0 Å². The maximum atomic E-state index is 12.6. The Morgan fingerprint density at radius 2 is 1.77 bits per heavy atom. The highest BCUT2D eigenvalue weighted by molar-refractivity contribution is 6.10. The number of amides is 3. The number of aromatic nitrogens is 2. The molecule has 0 radical (unpaired) electrons. The van der Waals surface area contributed by atoms with Gasteiger partial charge in [-0.1, -0.05) is 36.4 Å². The molecule has 0 saturated heterocycles. The van der Waals surface area contributed by atoms with Crippen LogP contribution in [-0.4, -0.2) is 34.0 Å². The summed E-state index contributed by atoms with van der Waals surface area (Å²) < 4.78 is 1.85. The first-order valence-corrected chi connectivity index (χ1v) is 10.1. The molecule has 3 amide bonds. The van der Waals surface area contributed by atoms with Gasteiger partial charge < -0.3 is 15.5 Å². The molecule has 1 aromatic heterocycles. The van der Waals surface area contributed by atoms with Gasteiger partial charge in [0.25, 0.3) is 0 Å². The van der Waals surface area contributed by atoms with Gasteiger partial charge in [-0.2, -0.15) is 5.10 Å². The summed E-state index contributed by atoms with van der Waals surface area (Å²) in [5.41, 5.74) is 3.36. The smallest absolute Gasteiger partial charge is 0.244 e. The van der Waals surface area contributed by atoms with Crippen molar-refractivity contribution in [2.45, 2.75) is 25.9 Å². The lowest BCUT2D eigenvalue weighted by atomic mass is 10.1. The van der Waals surface area contributed by atoms with Crippen molar-refractivity contribution in [2.75, 3.05) is 16.8 Å². The van der Waals surface area contributed by atoms with Gasteiger partial charge in [-0.3, -0.25) is 19.1 Å². The van der Waals surface area contributed by atoms with E-state index >= 15 is 0 Å². The molecule has 0 saturated carbocycles. The minimum Gasteiger partial charge on any atom is -0.352 e. The number of nitrogens with one attached hydrogen (secondary N) is 2. The fourth-order valence-corrected chi connectivity index (χ4v) is 3.44. The molecule has 0 aliphatic carbocycles. The molecule has 1 aliphatic rings. The van der Waals surface area contributed by atoms with E-state index in [0.29, 0.717) is 24.5 Å². The third-order valence-electron chi connectivity index (χ3n) is 5.05. The van der Waals surface area contributed by atoms with Gasteiger partial charge in [-0.15, -0.1) is 0 Å². The average Bonchev–Trinajstić information content (AvgIpc) is 3.29. The minimum absolute atomic E-state index is 0.0380. The molecule has 0 bridgehead atoms. The van der Waals surface area contributed by atoms with Crippen LogP contribution < -0.4 is 15.5 Å². The van der Waals surface area contributed by atoms with Gasteiger partial charge in [0.05, 0.1) is 17.9 Å². The molecule has 8 heteroatoms. The molecule has 8 nitrogen and oxygen atoms in total. The molecule has 0 spiro atoms. The number of carbonyl (C=O) groups is 3. The maximum absolute atomic E-state index is 12.6. The third-order valence-corrected chi connectivity index (χ3v) is 5.05. The van der Waals surface area contributed by atoms with Crippen LogP contribution in [0.15, 0.2) is 67.0 Å². The summed E-state index contributed by atoms with van der Waals surface area (Å²) in [5.74, 6) is -0.698. The second-order valence-electron chi connectivity index (χ2n) is 7.34. The number of hydrogen-bond acceptors (Lipinski definition) is 4. The van der Waals surface area contributed by atoms with Crippen LogP contribution >= 0.6 is 0 Å². The summed E-state index contributed by atoms with van der Waals surface area (Å²) in [5, 5.41) is 9.78. The van der Waals surface area contributed by atoms with E-state index in [1.165, 1.54) is 4.90 Å². The highest BCUT2D eigenvalue weighted by Gasteiger charge is 2.26. The first kappa shape index (κ1) is 20.3. The number of para-hydroxylation sites is 2. The molecular formula is C23H23N5O3. The molecule has 4 rings (SSSR count). The van der Waals surface area contributed by atoms with E-state index in [1.54, 1.807) is 24.4 Å². The lowest BCUT2D eigenvalue weighted by Crippen LogP contribution is -2.42. The summed E-state index contributed by atoms with van der Waals surface area (Å²) in [4.78, 5) is 38.1. The summed E-state index contributed by atoms with van der Waals surface area (Å²) in [6, 6.07) is 17.0. The molecule has 2 heterocycles. The summed E-state index contributed by atoms with van der Waals surface area (Å²) in [7, 11) is 0. The Labute approximate surface area is 179 Å². The summed E-state index contributed by atoms with van der Waals surface area (Å²) in [6.07, 6.45) is 3.75. The standard InChI is InChI=1S/C23H23N5O3/c29-21(24-14-17-6-8-18(9-7-17)15-27-13-3-12-25-27)10-11-23(31)28-16-22(30)26-19-4-1-2-5-20(19)28/h1-9,12-13H,10-11,14-16H2,(H,24,29)(H,26,30). The van der Waals surface area contributed by atoms with E-state index in [4.69, 9.17) is 0 Å². The zero-order valence-electron chi connectivity index (χ0n) is 17.0. The highest BCUT2D eigenvalue weighted by atomic mass is 16.2. The van der Waals surface area contributed by atoms with Gasteiger partial charge in [0.15, 0.2) is 0 Å². The van der Waals surface area contributed by atoms with Gasteiger partial charge in [0.2, 0.25) is 17.7 Å². The van der Waals surface area contributed by atoms with Crippen LogP contribution in [-0.2, 0) is 27.5 Å². The van der Waals surface area contributed by atoms with Crippen LogP contribution in [0.1, 0.15) is 24.0 Å².